The predicted molar refractivity (Wildman–Crippen MR) is 130 cm³/mol. The summed E-state index contributed by atoms with van der Waals surface area (Å²) in [7, 11) is -3.69. The van der Waals surface area contributed by atoms with Crippen molar-refractivity contribution in [3.05, 3.63) is 39.9 Å². The van der Waals surface area contributed by atoms with E-state index in [0.717, 1.165) is 25.3 Å². The molecule has 0 spiro atoms. The van der Waals surface area contributed by atoms with Crippen LogP contribution >= 0.6 is 22.9 Å². The maximum absolute atomic E-state index is 12.9. The van der Waals surface area contributed by atoms with E-state index in [9.17, 15) is 13.2 Å². The molecule has 1 aromatic carbocycles. The number of aromatic nitrogens is 1. The Morgan fingerprint density at radius 2 is 1.91 bits per heavy atom. The topological polar surface area (TPSA) is 82.6 Å². The zero-order valence-electron chi connectivity index (χ0n) is 19.0. The molecular weight excluding hydrogens is 468 g/mol. The first kappa shape index (κ1) is 25.1. The molecule has 1 N–H and O–H groups in total. The van der Waals surface area contributed by atoms with Crippen LogP contribution < -0.4 is 5.32 Å². The smallest absolute Gasteiger partial charge is 0.259 e. The third-order valence-electron chi connectivity index (χ3n) is 5.63. The Labute approximate surface area is 199 Å². The van der Waals surface area contributed by atoms with Crippen LogP contribution in [-0.4, -0.2) is 54.7 Å². The van der Waals surface area contributed by atoms with Gasteiger partial charge in [-0.05, 0) is 36.5 Å². The summed E-state index contributed by atoms with van der Waals surface area (Å²) >= 11 is 7.57. The van der Waals surface area contributed by atoms with Crippen molar-refractivity contribution in [2.45, 2.75) is 45.6 Å². The number of nitrogens with zero attached hydrogens (tertiary/aromatic N) is 3. The van der Waals surface area contributed by atoms with Gasteiger partial charge in [0.15, 0.2) is 5.13 Å². The van der Waals surface area contributed by atoms with E-state index in [1.54, 1.807) is 13.8 Å². The molecule has 0 aliphatic carbocycles. The van der Waals surface area contributed by atoms with Crippen LogP contribution in [0.5, 0.6) is 0 Å². The van der Waals surface area contributed by atoms with Crippen molar-refractivity contribution >= 4 is 44.0 Å². The molecule has 1 amide bonds. The van der Waals surface area contributed by atoms with Crippen molar-refractivity contribution in [1.29, 1.82) is 0 Å². The van der Waals surface area contributed by atoms with Crippen LogP contribution in [0.25, 0.3) is 0 Å². The molecule has 176 valence electrons. The number of likely N-dealkylation sites (tertiary alicyclic amines) is 1. The van der Waals surface area contributed by atoms with Gasteiger partial charge < -0.3 is 0 Å². The molecule has 1 aliphatic heterocycles. The molecule has 1 fully saturated rings. The van der Waals surface area contributed by atoms with E-state index in [0.29, 0.717) is 30.1 Å². The number of nitrogens with one attached hydrogen (secondary N) is 1. The van der Waals surface area contributed by atoms with Crippen molar-refractivity contribution in [1.82, 2.24) is 14.2 Å². The standard InChI is InChI=1S/C22H31ClN4O3S2/c1-5-27(6-2)32(29,30)18-7-8-20(23)19(10-18)21(28)25-22-24-17(14-31-22)13-26-11-15(3)9-16(4)12-26/h7-8,10,14-16H,5-6,9,11-13H2,1-4H3,(H,24,25,28). The van der Waals surface area contributed by atoms with E-state index in [2.05, 4.69) is 29.0 Å². The second kappa shape index (κ2) is 10.6. The summed E-state index contributed by atoms with van der Waals surface area (Å²) in [6.45, 7) is 11.6. The number of amides is 1. The number of hydrogen-bond acceptors (Lipinski definition) is 6. The highest BCUT2D eigenvalue weighted by Gasteiger charge is 2.25. The second-order valence-electron chi connectivity index (χ2n) is 8.47. The van der Waals surface area contributed by atoms with E-state index < -0.39 is 15.9 Å². The van der Waals surface area contributed by atoms with Crippen LogP contribution in [0.1, 0.15) is 50.2 Å². The first-order chi connectivity index (χ1) is 15.1. The van der Waals surface area contributed by atoms with E-state index >= 15 is 0 Å². The van der Waals surface area contributed by atoms with Crippen LogP contribution in [0.2, 0.25) is 5.02 Å². The number of benzene rings is 1. The molecule has 0 saturated carbocycles. The molecule has 0 bridgehead atoms. The third-order valence-corrected chi connectivity index (χ3v) is 8.81. The number of halogens is 1. The lowest BCUT2D eigenvalue weighted by molar-refractivity contribution is 0.102. The molecule has 32 heavy (non-hydrogen) atoms. The molecule has 2 unspecified atom stereocenters. The van der Waals surface area contributed by atoms with Crippen molar-refractivity contribution in [3.63, 3.8) is 0 Å². The van der Waals surface area contributed by atoms with Crippen LogP contribution in [0, 0.1) is 11.8 Å². The Balaban J connectivity index is 1.73. The van der Waals surface area contributed by atoms with E-state index in [1.807, 2.05) is 5.38 Å². The third kappa shape index (κ3) is 5.88. The van der Waals surface area contributed by atoms with Gasteiger partial charge in [0.2, 0.25) is 10.0 Å². The predicted octanol–water partition coefficient (Wildman–Crippen LogP) is 4.56. The maximum atomic E-state index is 12.9. The number of thiazole rings is 1. The summed E-state index contributed by atoms with van der Waals surface area (Å²) in [5.41, 5.74) is 1.02. The minimum atomic E-state index is -3.69. The Kier molecular flexibility index (Phi) is 8.32. The first-order valence-electron chi connectivity index (χ1n) is 10.9. The fraction of sp³-hybridized carbons (Fsp3) is 0.545. The van der Waals surface area contributed by atoms with Gasteiger partial charge in [0.1, 0.15) is 0 Å². The lowest BCUT2D eigenvalue weighted by atomic mass is 9.92. The van der Waals surface area contributed by atoms with Crippen LogP contribution in [-0.2, 0) is 16.6 Å². The zero-order valence-corrected chi connectivity index (χ0v) is 21.4. The summed E-state index contributed by atoms with van der Waals surface area (Å²) in [4.78, 5) is 19.9. The van der Waals surface area contributed by atoms with Gasteiger partial charge in [0.25, 0.3) is 5.91 Å². The number of carbonyl (C=O) groups excluding carboxylic acids is 1. The second-order valence-corrected chi connectivity index (χ2v) is 11.7. The Morgan fingerprint density at radius 1 is 1.25 bits per heavy atom. The van der Waals surface area contributed by atoms with Gasteiger partial charge in [0, 0.05) is 38.1 Å². The van der Waals surface area contributed by atoms with E-state index in [4.69, 9.17) is 11.6 Å². The fourth-order valence-corrected chi connectivity index (χ4v) is 6.69. The monoisotopic (exact) mass is 498 g/mol. The van der Waals surface area contributed by atoms with Crippen molar-refractivity contribution in [3.8, 4) is 0 Å². The highest BCUT2D eigenvalue weighted by Crippen LogP contribution is 2.26. The number of carbonyl (C=O) groups is 1. The summed E-state index contributed by atoms with van der Waals surface area (Å²) in [5, 5.41) is 5.37. The van der Waals surface area contributed by atoms with E-state index in [1.165, 1.54) is 40.3 Å². The lowest BCUT2D eigenvalue weighted by Gasteiger charge is -2.34. The first-order valence-corrected chi connectivity index (χ1v) is 13.6. The molecular formula is C22H31ClN4O3S2. The molecule has 2 heterocycles. The quantitative estimate of drug-likeness (QED) is 0.577. The van der Waals surface area contributed by atoms with E-state index in [-0.39, 0.29) is 15.5 Å². The molecule has 3 rings (SSSR count). The number of sulfonamides is 1. The molecule has 2 atom stereocenters. The summed E-state index contributed by atoms with van der Waals surface area (Å²) in [6.07, 6.45) is 1.25. The number of hydrogen-bond donors (Lipinski definition) is 1. The Morgan fingerprint density at radius 3 is 2.53 bits per heavy atom. The molecule has 1 aliphatic rings. The molecule has 2 aromatic rings. The lowest BCUT2D eigenvalue weighted by Crippen LogP contribution is -2.38. The summed E-state index contributed by atoms with van der Waals surface area (Å²) < 4.78 is 27.0. The SMILES string of the molecule is CCN(CC)S(=O)(=O)c1ccc(Cl)c(C(=O)Nc2nc(CN3CC(C)CC(C)C3)cs2)c1. The molecule has 0 radical (unpaired) electrons. The minimum absolute atomic E-state index is 0.0453. The molecule has 1 saturated heterocycles. The largest absolute Gasteiger partial charge is 0.298 e. The summed E-state index contributed by atoms with van der Waals surface area (Å²) in [6, 6.07) is 4.20. The fourth-order valence-electron chi connectivity index (χ4n) is 4.30. The number of rotatable bonds is 8. The van der Waals surface area contributed by atoms with Gasteiger partial charge in [-0.15, -0.1) is 11.3 Å². The van der Waals surface area contributed by atoms with Crippen molar-refractivity contribution in [2.75, 3.05) is 31.5 Å². The average Bonchev–Trinajstić information content (AvgIpc) is 3.14. The number of piperidine rings is 1. The highest BCUT2D eigenvalue weighted by molar-refractivity contribution is 7.89. The maximum Gasteiger partial charge on any atom is 0.259 e. The van der Waals surface area contributed by atoms with Crippen molar-refractivity contribution < 1.29 is 13.2 Å². The molecule has 10 heteroatoms. The zero-order chi connectivity index (χ0) is 23.5. The van der Waals surface area contributed by atoms with Gasteiger partial charge in [-0.25, -0.2) is 13.4 Å². The Bertz CT molecular complexity index is 1040. The normalized spacial score (nSPS) is 19.9. The van der Waals surface area contributed by atoms with Gasteiger partial charge in [-0.2, -0.15) is 4.31 Å². The molecule has 1 aromatic heterocycles. The van der Waals surface area contributed by atoms with Gasteiger partial charge in [-0.1, -0.05) is 39.3 Å². The summed E-state index contributed by atoms with van der Waals surface area (Å²) in [5.74, 6) is 0.852. The Hall–Kier alpha value is -1.52. The minimum Gasteiger partial charge on any atom is -0.298 e. The van der Waals surface area contributed by atoms with Crippen LogP contribution in [0.4, 0.5) is 5.13 Å². The van der Waals surface area contributed by atoms with Gasteiger partial charge in [-0.3, -0.25) is 15.0 Å². The van der Waals surface area contributed by atoms with Gasteiger partial charge in [0.05, 0.1) is 21.2 Å². The average molecular weight is 499 g/mol. The molecule has 7 nitrogen and oxygen atoms in total. The number of anilines is 1. The van der Waals surface area contributed by atoms with Crippen LogP contribution in [0.3, 0.4) is 0 Å². The van der Waals surface area contributed by atoms with Crippen LogP contribution in [0.15, 0.2) is 28.5 Å². The highest BCUT2D eigenvalue weighted by atomic mass is 35.5. The van der Waals surface area contributed by atoms with Gasteiger partial charge >= 0.3 is 0 Å². The van der Waals surface area contributed by atoms with Crippen molar-refractivity contribution in [2.24, 2.45) is 11.8 Å².